The second-order valence-corrected chi connectivity index (χ2v) is 8.09. The number of halogens is 2. The fourth-order valence-electron chi connectivity index (χ4n) is 2.40. The van der Waals surface area contributed by atoms with E-state index in [0.717, 1.165) is 28.6 Å². The minimum absolute atomic E-state index is 0.127. The topological polar surface area (TPSA) is 76.6 Å². The zero-order valence-corrected chi connectivity index (χ0v) is 15.7. The minimum Gasteiger partial charge on any atom is -0.423 e. The number of hydrogen-bond acceptors (Lipinski definition) is 5. The highest BCUT2D eigenvalue weighted by atomic mass is 35.5. The quantitative estimate of drug-likeness (QED) is 0.478. The van der Waals surface area contributed by atoms with Gasteiger partial charge in [-0.2, -0.15) is 4.31 Å². The Labute approximate surface area is 160 Å². The molecule has 0 aliphatic heterocycles. The van der Waals surface area contributed by atoms with E-state index >= 15 is 0 Å². The Morgan fingerprint density at radius 1 is 1.19 bits per heavy atom. The van der Waals surface area contributed by atoms with E-state index in [1.807, 2.05) is 0 Å². The molecule has 27 heavy (non-hydrogen) atoms. The van der Waals surface area contributed by atoms with Crippen LogP contribution in [0.25, 0.3) is 10.9 Å². The third kappa shape index (κ3) is 4.08. The molecule has 140 valence electrons. The van der Waals surface area contributed by atoms with E-state index in [9.17, 15) is 17.6 Å². The van der Waals surface area contributed by atoms with Crippen LogP contribution in [0.4, 0.5) is 4.39 Å². The molecule has 0 amide bonds. The Bertz CT molecular complexity index is 1100. The van der Waals surface area contributed by atoms with Gasteiger partial charge in [0.2, 0.25) is 10.0 Å². The second kappa shape index (κ2) is 7.59. The van der Waals surface area contributed by atoms with E-state index in [0.29, 0.717) is 15.9 Å². The van der Waals surface area contributed by atoms with Gasteiger partial charge in [-0.3, -0.25) is 9.78 Å². The standard InChI is InChI=1S/C18H14ClFN2O4S/c1-22(27(24,25)13-6-4-12(20)5-7-13)11-17(23)26-16-9-8-15(19)14-3-2-10-21-18(14)16/h2-10H,11H2,1H3. The van der Waals surface area contributed by atoms with Crippen LogP contribution in [0.1, 0.15) is 0 Å². The molecule has 0 spiro atoms. The van der Waals surface area contributed by atoms with Crippen LogP contribution >= 0.6 is 11.6 Å². The molecule has 0 N–H and O–H groups in total. The van der Waals surface area contributed by atoms with Crippen LogP contribution in [-0.2, 0) is 14.8 Å². The van der Waals surface area contributed by atoms with E-state index in [4.69, 9.17) is 16.3 Å². The fourth-order valence-corrected chi connectivity index (χ4v) is 3.73. The molecule has 0 radical (unpaired) electrons. The van der Waals surface area contributed by atoms with Gasteiger partial charge in [0.15, 0.2) is 5.75 Å². The van der Waals surface area contributed by atoms with Gasteiger partial charge < -0.3 is 4.74 Å². The fraction of sp³-hybridized carbons (Fsp3) is 0.111. The number of likely N-dealkylation sites (N-methyl/N-ethyl adjacent to an activating group) is 1. The number of sulfonamides is 1. The highest BCUT2D eigenvalue weighted by Gasteiger charge is 2.24. The lowest BCUT2D eigenvalue weighted by Gasteiger charge is -2.16. The Morgan fingerprint density at radius 2 is 1.89 bits per heavy atom. The molecule has 6 nitrogen and oxygen atoms in total. The van der Waals surface area contributed by atoms with Crippen LogP contribution in [0.2, 0.25) is 5.02 Å². The van der Waals surface area contributed by atoms with Gasteiger partial charge in [-0.25, -0.2) is 12.8 Å². The van der Waals surface area contributed by atoms with Crippen LogP contribution in [0.15, 0.2) is 59.6 Å². The highest BCUT2D eigenvalue weighted by molar-refractivity contribution is 7.89. The predicted molar refractivity (Wildman–Crippen MR) is 98.6 cm³/mol. The van der Waals surface area contributed by atoms with Crippen LogP contribution in [-0.4, -0.2) is 37.3 Å². The summed E-state index contributed by atoms with van der Waals surface area (Å²) in [5, 5.41) is 1.06. The van der Waals surface area contributed by atoms with E-state index < -0.39 is 28.4 Å². The average Bonchev–Trinajstić information content (AvgIpc) is 2.64. The van der Waals surface area contributed by atoms with Crippen LogP contribution in [0.3, 0.4) is 0 Å². The number of esters is 1. The van der Waals surface area contributed by atoms with Crippen LogP contribution in [0.5, 0.6) is 5.75 Å². The first-order chi connectivity index (χ1) is 12.8. The van der Waals surface area contributed by atoms with Crippen molar-refractivity contribution in [3.8, 4) is 5.75 Å². The summed E-state index contributed by atoms with van der Waals surface area (Å²) in [6.07, 6.45) is 1.53. The lowest BCUT2D eigenvalue weighted by Crippen LogP contribution is -2.34. The molecule has 0 aliphatic carbocycles. The molecule has 9 heteroatoms. The van der Waals surface area contributed by atoms with Gasteiger partial charge in [0, 0.05) is 18.6 Å². The summed E-state index contributed by atoms with van der Waals surface area (Å²) in [4.78, 5) is 16.3. The van der Waals surface area contributed by atoms with Crippen molar-refractivity contribution in [2.45, 2.75) is 4.90 Å². The summed E-state index contributed by atoms with van der Waals surface area (Å²) in [5.41, 5.74) is 0.391. The lowest BCUT2D eigenvalue weighted by molar-refractivity contribution is -0.134. The van der Waals surface area contributed by atoms with Gasteiger partial charge >= 0.3 is 5.97 Å². The molecule has 0 atom stereocenters. The summed E-state index contributed by atoms with van der Waals surface area (Å²) in [7, 11) is -2.73. The largest absolute Gasteiger partial charge is 0.423 e. The van der Waals surface area contributed by atoms with Crippen molar-refractivity contribution in [1.29, 1.82) is 0 Å². The number of nitrogens with zero attached hydrogens (tertiary/aromatic N) is 2. The number of carbonyl (C=O) groups excluding carboxylic acids is 1. The minimum atomic E-state index is -3.96. The molecule has 3 rings (SSSR count). The smallest absolute Gasteiger partial charge is 0.326 e. The van der Waals surface area contributed by atoms with Crippen LogP contribution in [0, 0.1) is 5.82 Å². The molecule has 0 fully saturated rings. The number of carbonyl (C=O) groups is 1. The van der Waals surface area contributed by atoms with Crippen molar-refractivity contribution < 1.29 is 22.3 Å². The normalized spacial score (nSPS) is 11.7. The van der Waals surface area contributed by atoms with E-state index in [1.165, 1.54) is 19.3 Å². The lowest BCUT2D eigenvalue weighted by atomic mass is 10.2. The van der Waals surface area contributed by atoms with E-state index in [1.54, 1.807) is 18.2 Å². The molecule has 0 bridgehead atoms. The number of ether oxygens (including phenoxy) is 1. The molecule has 0 unspecified atom stereocenters. The molecule has 0 saturated carbocycles. The summed E-state index contributed by atoms with van der Waals surface area (Å²) in [5.74, 6) is -1.18. The van der Waals surface area contributed by atoms with Crippen molar-refractivity contribution in [3.63, 3.8) is 0 Å². The summed E-state index contributed by atoms with van der Waals surface area (Å²) >= 11 is 6.09. The first kappa shape index (κ1) is 19.2. The molecular formula is C18H14ClFN2O4S. The van der Waals surface area contributed by atoms with Gasteiger partial charge in [0.05, 0.1) is 9.92 Å². The maximum Gasteiger partial charge on any atom is 0.326 e. The zero-order chi connectivity index (χ0) is 19.6. The van der Waals surface area contributed by atoms with Crippen LogP contribution < -0.4 is 4.74 Å². The third-order valence-electron chi connectivity index (χ3n) is 3.78. The number of hydrogen-bond donors (Lipinski definition) is 0. The van der Waals surface area contributed by atoms with Gasteiger partial charge in [0.25, 0.3) is 0 Å². The third-order valence-corrected chi connectivity index (χ3v) is 5.92. The van der Waals surface area contributed by atoms with Crippen molar-refractivity contribution in [3.05, 3.63) is 65.6 Å². The van der Waals surface area contributed by atoms with Gasteiger partial charge in [0.1, 0.15) is 17.9 Å². The summed E-state index contributed by atoms with van der Waals surface area (Å²) in [6.45, 7) is -0.531. The Morgan fingerprint density at radius 3 is 2.59 bits per heavy atom. The van der Waals surface area contributed by atoms with Crippen molar-refractivity contribution >= 4 is 38.5 Å². The number of aromatic nitrogens is 1. The molecule has 0 saturated heterocycles. The SMILES string of the molecule is CN(CC(=O)Oc1ccc(Cl)c2cccnc12)S(=O)(=O)c1ccc(F)cc1. The van der Waals surface area contributed by atoms with E-state index in [-0.39, 0.29) is 10.6 Å². The number of pyridine rings is 1. The average molecular weight is 409 g/mol. The number of fused-ring (bicyclic) bond motifs is 1. The Kier molecular flexibility index (Phi) is 5.41. The molecule has 2 aromatic carbocycles. The maximum absolute atomic E-state index is 13.0. The number of rotatable bonds is 5. The Balaban J connectivity index is 1.78. The maximum atomic E-state index is 13.0. The van der Waals surface area contributed by atoms with Crippen molar-refractivity contribution in [1.82, 2.24) is 9.29 Å². The second-order valence-electron chi connectivity index (χ2n) is 5.63. The van der Waals surface area contributed by atoms with Gasteiger partial charge in [-0.1, -0.05) is 11.6 Å². The predicted octanol–water partition coefficient (Wildman–Crippen LogP) is 3.25. The van der Waals surface area contributed by atoms with Crippen molar-refractivity contribution in [2.75, 3.05) is 13.6 Å². The highest BCUT2D eigenvalue weighted by Crippen LogP contribution is 2.29. The molecule has 1 heterocycles. The first-order valence-corrected chi connectivity index (χ1v) is 9.56. The first-order valence-electron chi connectivity index (χ1n) is 7.75. The van der Waals surface area contributed by atoms with Crippen molar-refractivity contribution in [2.24, 2.45) is 0 Å². The number of benzene rings is 2. The Hall–Kier alpha value is -2.55. The summed E-state index contributed by atoms with van der Waals surface area (Å²) < 4.78 is 44.0. The molecule has 1 aromatic heterocycles. The molecule has 0 aliphatic rings. The van der Waals surface area contributed by atoms with Gasteiger partial charge in [-0.05, 0) is 48.5 Å². The zero-order valence-electron chi connectivity index (χ0n) is 14.1. The molecule has 3 aromatic rings. The molecular weight excluding hydrogens is 395 g/mol. The monoisotopic (exact) mass is 408 g/mol. The summed E-state index contributed by atoms with van der Waals surface area (Å²) in [6, 6.07) is 10.8. The van der Waals surface area contributed by atoms with Gasteiger partial charge in [-0.15, -0.1) is 0 Å². The van der Waals surface area contributed by atoms with E-state index in [2.05, 4.69) is 4.98 Å².